The van der Waals surface area contributed by atoms with Crippen LogP contribution < -0.4 is 5.56 Å². The molecule has 4 nitrogen and oxygen atoms in total. The summed E-state index contributed by atoms with van der Waals surface area (Å²) in [4.78, 5) is 17.5. The molecule has 0 aliphatic carbocycles. The smallest absolute Gasteiger partial charge is 0.268 e. The van der Waals surface area contributed by atoms with Crippen molar-refractivity contribution in [1.29, 1.82) is 0 Å². The van der Waals surface area contributed by atoms with E-state index in [0.717, 1.165) is 5.69 Å². The van der Waals surface area contributed by atoms with E-state index < -0.39 is 0 Å². The quantitative estimate of drug-likeness (QED) is 0.560. The van der Waals surface area contributed by atoms with Gasteiger partial charge in [-0.25, -0.2) is 0 Å². The van der Waals surface area contributed by atoms with Crippen LogP contribution >= 0.6 is 0 Å². The number of aliphatic imine (C=N–C) groups is 1. The number of para-hydroxylation sites is 3. The summed E-state index contributed by atoms with van der Waals surface area (Å²) in [5.41, 5.74) is 1.95. The van der Waals surface area contributed by atoms with E-state index in [1.165, 1.54) is 6.21 Å². The van der Waals surface area contributed by atoms with Gasteiger partial charge in [0, 0.05) is 17.3 Å². The van der Waals surface area contributed by atoms with Gasteiger partial charge in [0.2, 0.25) is 0 Å². The highest BCUT2D eigenvalue weighted by atomic mass is 16.3. The molecular weight excluding hydrogens is 324 g/mol. The highest BCUT2D eigenvalue weighted by Crippen LogP contribution is 2.27. The third kappa shape index (κ3) is 2.78. The molecule has 1 N–H and O–H groups in total. The molecular formula is C22H16N2O2. The van der Waals surface area contributed by atoms with Gasteiger partial charge in [0.05, 0.1) is 11.2 Å². The van der Waals surface area contributed by atoms with Crippen molar-refractivity contribution in [3.63, 3.8) is 0 Å². The van der Waals surface area contributed by atoms with Crippen LogP contribution in [0.4, 0.5) is 5.69 Å². The minimum Gasteiger partial charge on any atom is -0.506 e. The van der Waals surface area contributed by atoms with Gasteiger partial charge < -0.3 is 5.11 Å². The molecule has 0 radical (unpaired) electrons. The van der Waals surface area contributed by atoms with Crippen molar-refractivity contribution in [2.45, 2.75) is 0 Å². The Labute approximate surface area is 150 Å². The topological polar surface area (TPSA) is 54.6 Å². The lowest BCUT2D eigenvalue weighted by Crippen LogP contribution is -2.22. The molecule has 4 heteroatoms. The number of nitrogens with zero attached hydrogens (tertiary/aromatic N) is 2. The van der Waals surface area contributed by atoms with Gasteiger partial charge in [0.1, 0.15) is 11.3 Å². The lowest BCUT2D eigenvalue weighted by molar-refractivity contribution is 0.479. The van der Waals surface area contributed by atoms with Crippen molar-refractivity contribution in [1.82, 2.24) is 4.57 Å². The number of benzene rings is 3. The second-order valence-corrected chi connectivity index (χ2v) is 5.85. The molecule has 0 fully saturated rings. The molecule has 0 unspecified atom stereocenters. The summed E-state index contributed by atoms with van der Waals surface area (Å²) in [5, 5.41) is 11.3. The first-order chi connectivity index (χ1) is 12.8. The van der Waals surface area contributed by atoms with Crippen LogP contribution in [0.3, 0.4) is 0 Å². The van der Waals surface area contributed by atoms with Gasteiger partial charge in [-0.1, -0.05) is 48.5 Å². The molecule has 4 aromatic rings. The zero-order valence-electron chi connectivity index (χ0n) is 13.9. The lowest BCUT2D eigenvalue weighted by Gasteiger charge is -2.13. The van der Waals surface area contributed by atoms with Gasteiger partial charge in [-0.05, 0) is 36.4 Å². The van der Waals surface area contributed by atoms with E-state index in [1.54, 1.807) is 10.6 Å². The zero-order chi connectivity index (χ0) is 17.9. The van der Waals surface area contributed by atoms with Gasteiger partial charge in [-0.3, -0.25) is 14.4 Å². The Balaban J connectivity index is 2.00. The molecule has 126 valence electrons. The highest BCUT2D eigenvalue weighted by molar-refractivity contribution is 5.96. The van der Waals surface area contributed by atoms with E-state index in [9.17, 15) is 9.90 Å². The first-order valence-corrected chi connectivity index (χ1v) is 8.27. The Bertz CT molecular complexity index is 1150. The molecule has 0 atom stereocenters. The largest absolute Gasteiger partial charge is 0.506 e. The normalized spacial score (nSPS) is 11.2. The third-order valence-corrected chi connectivity index (χ3v) is 4.20. The van der Waals surface area contributed by atoms with Gasteiger partial charge in [0.15, 0.2) is 0 Å². The Kier molecular flexibility index (Phi) is 4.07. The number of hydrogen-bond donors (Lipinski definition) is 1. The highest BCUT2D eigenvalue weighted by Gasteiger charge is 2.15. The Morgan fingerprint density at radius 1 is 0.808 bits per heavy atom. The van der Waals surface area contributed by atoms with Gasteiger partial charge in [0.25, 0.3) is 5.56 Å². The Hall–Kier alpha value is -3.66. The predicted octanol–water partition coefficient (Wildman–Crippen LogP) is 4.45. The fraction of sp³-hybridized carbons (Fsp3) is 0. The molecule has 0 amide bonds. The summed E-state index contributed by atoms with van der Waals surface area (Å²) < 4.78 is 1.60. The average molecular weight is 340 g/mol. The van der Waals surface area contributed by atoms with E-state index in [-0.39, 0.29) is 16.9 Å². The number of pyridine rings is 1. The molecule has 0 saturated carbocycles. The molecule has 1 heterocycles. The summed E-state index contributed by atoms with van der Waals surface area (Å²) in [7, 11) is 0. The molecule has 0 aliphatic heterocycles. The summed E-state index contributed by atoms with van der Waals surface area (Å²) in [6.45, 7) is 0. The number of fused-ring (bicyclic) bond motifs is 1. The van der Waals surface area contributed by atoms with Crippen molar-refractivity contribution in [3.05, 3.63) is 101 Å². The Morgan fingerprint density at radius 3 is 2.15 bits per heavy atom. The van der Waals surface area contributed by atoms with E-state index in [4.69, 9.17) is 0 Å². The van der Waals surface area contributed by atoms with Crippen LogP contribution in [0.25, 0.3) is 16.6 Å². The molecule has 0 saturated heterocycles. The summed E-state index contributed by atoms with van der Waals surface area (Å²) in [6, 6.07) is 26.0. The van der Waals surface area contributed by atoms with Crippen LogP contribution in [-0.4, -0.2) is 15.9 Å². The monoisotopic (exact) mass is 340 g/mol. The number of aromatic nitrogens is 1. The standard InChI is InChI=1S/C22H16N2O2/c25-21-18-13-7-8-14-20(18)24(17-11-5-2-6-12-17)22(26)19(21)15-23-16-9-3-1-4-10-16/h1-15,25H. The number of rotatable bonds is 3. The second kappa shape index (κ2) is 6.69. The van der Waals surface area contributed by atoms with Crippen LogP contribution in [-0.2, 0) is 0 Å². The summed E-state index contributed by atoms with van der Waals surface area (Å²) >= 11 is 0. The van der Waals surface area contributed by atoms with Crippen LogP contribution in [0, 0.1) is 0 Å². The van der Waals surface area contributed by atoms with Crippen LogP contribution in [0.15, 0.2) is 94.7 Å². The van der Waals surface area contributed by atoms with Crippen LogP contribution in [0.1, 0.15) is 5.56 Å². The predicted molar refractivity (Wildman–Crippen MR) is 105 cm³/mol. The Morgan fingerprint density at radius 2 is 1.42 bits per heavy atom. The van der Waals surface area contributed by atoms with E-state index >= 15 is 0 Å². The molecule has 0 aliphatic rings. The van der Waals surface area contributed by atoms with Crippen LogP contribution in [0.2, 0.25) is 0 Å². The van der Waals surface area contributed by atoms with Gasteiger partial charge in [-0.2, -0.15) is 0 Å². The first kappa shape index (κ1) is 15.8. The summed E-state index contributed by atoms with van der Waals surface area (Å²) in [6.07, 6.45) is 1.43. The average Bonchev–Trinajstić information content (AvgIpc) is 2.70. The van der Waals surface area contributed by atoms with Crippen molar-refractivity contribution in [2.24, 2.45) is 4.99 Å². The maximum Gasteiger partial charge on any atom is 0.268 e. The molecule has 0 bridgehead atoms. The number of aromatic hydroxyl groups is 1. The third-order valence-electron chi connectivity index (χ3n) is 4.20. The van der Waals surface area contributed by atoms with E-state index in [1.807, 2.05) is 78.9 Å². The summed E-state index contributed by atoms with van der Waals surface area (Å²) in [5.74, 6) is -0.0579. The van der Waals surface area contributed by atoms with Crippen LogP contribution in [0.5, 0.6) is 5.75 Å². The molecule has 0 spiro atoms. The molecule has 26 heavy (non-hydrogen) atoms. The molecule has 1 aromatic heterocycles. The second-order valence-electron chi connectivity index (χ2n) is 5.85. The SMILES string of the molecule is O=c1c(C=Nc2ccccc2)c(O)c2ccccc2n1-c1ccccc1. The maximum atomic E-state index is 13.1. The van der Waals surface area contributed by atoms with Crippen molar-refractivity contribution < 1.29 is 5.11 Å². The van der Waals surface area contributed by atoms with E-state index in [2.05, 4.69) is 4.99 Å². The lowest BCUT2D eigenvalue weighted by atomic mass is 10.1. The minimum absolute atomic E-state index is 0.0579. The molecule has 4 rings (SSSR count). The fourth-order valence-electron chi connectivity index (χ4n) is 2.95. The van der Waals surface area contributed by atoms with Gasteiger partial charge in [-0.15, -0.1) is 0 Å². The van der Waals surface area contributed by atoms with E-state index in [0.29, 0.717) is 16.6 Å². The fourth-order valence-corrected chi connectivity index (χ4v) is 2.95. The zero-order valence-corrected chi connectivity index (χ0v) is 13.9. The number of hydrogen-bond acceptors (Lipinski definition) is 3. The minimum atomic E-state index is -0.313. The first-order valence-electron chi connectivity index (χ1n) is 8.27. The van der Waals surface area contributed by atoms with Crippen molar-refractivity contribution >= 4 is 22.8 Å². The van der Waals surface area contributed by atoms with Crippen molar-refractivity contribution in [2.75, 3.05) is 0 Å². The van der Waals surface area contributed by atoms with Crippen molar-refractivity contribution in [3.8, 4) is 11.4 Å². The maximum absolute atomic E-state index is 13.1. The van der Waals surface area contributed by atoms with Gasteiger partial charge >= 0.3 is 0 Å². The molecule has 3 aromatic carbocycles.